The zero-order chi connectivity index (χ0) is 21.5. The van der Waals surface area contributed by atoms with Crippen LogP contribution in [0.25, 0.3) is 0 Å². The normalized spacial score (nSPS) is 11.5. The summed E-state index contributed by atoms with van der Waals surface area (Å²) in [5, 5.41) is 4.18. The van der Waals surface area contributed by atoms with Gasteiger partial charge in [-0.05, 0) is 48.5 Å². The van der Waals surface area contributed by atoms with Gasteiger partial charge in [0.15, 0.2) is 10.1 Å². The van der Waals surface area contributed by atoms with Crippen LogP contribution in [0.4, 0.5) is 13.2 Å². The number of benzene rings is 3. The third kappa shape index (κ3) is 6.56. The Morgan fingerprint density at radius 1 is 0.759 bits per heavy atom. The minimum Gasteiger partial charge on any atom is -0.741 e. The molecule has 9 heteroatoms. The predicted octanol–water partition coefficient (Wildman–Crippen LogP) is 3.24. The van der Waals surface area contributed by atoms with Crippen LogP contribution in [0.3, 0.4) is 0 Å². The van der Waals surface area contributed by atoms with Crippen LogP contribution in [0.5, 0.6) is 5.75 Å². The molecule has 0 aliphatic rings. The van der Waals surface area contributed by atoms with Gasteiger partial charge in [-0.15, -0.1) is 0 Å². The summed E-state index contributed by atoms with van der Waals surface area (Å²) >= 11 is 0. The summed E-state index contributed by atoms with van der Waals surface area (Å²) < 4.78 is 64.2. The first-order valence-corrected chi connectivity index (χ1v) is 11.2. The predicted molar refractivity (Wildman–Crippen MR) is 109 cm³/mol. The van der Waals surface area contributed by atoms with Crippen molar-refractivity contribution in [2.45, 2.75) is 5.51 Å². The monoisotopic (exact) mass is 442 g/mol. The van der Waals surface area contributed by atoms with E-state index in [9.17, 15) is 13.2 Å². The summed E-state index contributed by atoms with van der Waals surface area (Å²) in [5.41, 5.74) is -5.65. The van der Waals surface area contributed by atoms with Crippen molar-refractivity contribution >= 4 is 34.0 Å². The lowest BCUT2D eigenvalue weighted by Gasteiger charge is -2.11. The topological polar surface area (TPSA) is 66.4 Å². The minimum atomic E-state index is -6.09. The van der Waals surface area contributed by atoms with Crippen LogP contribution in [0, 0.1) is 0 Å². The van der Waals surface area contributed by atoms with E-state index < -0.39 is 23.5 Å². The fourth-order valence-corrected chi connectivity index (χ4v) is 5.02. The molecule has 0 unspecified atom stereocenters. The molecule has 0 saturated heterocycles. The number of methoxy groups -OCH3 is 1. The first-order chi connectivity index (χ1) is 13.6. The van der Waals surface area contributed by atoms with Gasteiger partial charge in [-0.3, -0.25) is 0 Å². The summed E-state index contributed by atoms with van der Waals surface area (Å²) in [6.45, 7) is 0. The van der Waals surface area contributed by atoms with Gasteiger partial charge in [-0.1, -0.05) is 36.4 Å². The molecule has 3 aromatic carbocycles. The van der Waals surface area contributed by atoms with Gasteiger partial charge in [0.2, 0.25) is 0 Å². The van der Waals surface area contributed by atoms with Crippen molar-refractivity contribution in [1.82, 2.24) is 0 Å². The summed E-state index contributed by atoms with van der Waals surface area (Å²) in [6.07, 6.45) is 0. The van der Waals surface area contributed by atoms with E-state index in [1.165, 1.54) is 15.9 Å². The summed E-state index contributed by atoms with van der Waals surface area (Å²) in [6, 6.07) is 30.0. The molecule has 3 rings (SSSR count). The van der Waals surface area contributed by atoms with Gasteiger partial charge in [0.25, 0.3) is 0 Å². The largest absolute Gasteiger partial charge is 0.741 e. The maximum atomic E-state index is 10.7. The minimum absolute atomic E-state index is 0.904. The second-order valence-electron chi connectivity index (χ2n) is 5.74. The van der Waals surface area contributed by atoms with Crippen LogP contribution in [0.1, 0.15) is 0 Å². The molecule has 0 radical (unpaired) electrons. The molecule has 29 heavy (non-hydrogen) atoms. The van der Waals surface area contributed by atoms with Crippen LogP contribution in [-0.2, 0) is 10.1 Å². The summed E-state index contributed by atoms with van der Waals surface area (Å²) in [7, 11) is -5.34. The highest BCUT2D eigenvalue weighted by atomic mass is 32.2. The van der Waals surface area contributed by atoms with E-state index in [4.69, 9.17) is 17.7 Å². The Balaban J connectivity index is 0.000000321. The number of hydrogen-bond donors (Lipinski definition) is 0. The molecule has 0 aromatic heterocycles. The maximum absolute atomic E-state index is 10.7. The Bertz CT molecular complexity index is 954. The van der Waals surface area contributed by atoms with E-state index in [-0.39, 0.29) is 0 Å². The molecule has 0 amide bonds. The third-order valence-electron chi connectivity index (χ3n) is 3.79. The maximum Gasteiger partial charge on any atom is 0.485 e. The second kappa shape index (κ2) is 9.87. The quantitative estimate of drug-likeness (QED) is 0.354. The Morgan fingerprint density at radius 3 is 1.41 bits per heavy atom. The van der Waals surface area contributed by atoms with Crippen LogP contribution >= 0.6 is 7.92 Å². The van der Waals surface area contributed by atoms with Crippen LogP contribution < -0.4 is 20.7 Å². The highest BCUT2D eigenvalue weighted by Gasteiger charge is 2.36. The van der Waals surface area contributed by atoms with E-state index in [0.29, 0.717) is 0 Å². The molecule has 0 bridgehead atoms. The van der Waals surface area contributed by atoms with Gasteiger partial charge in [0.1, 0.15) is 21.7 Å². The lowest BCUT2D eigenvalue weighted by Crippen LogP contribution is -2.21. The van der Waals surface area contributed by atoms with E-state index in [2.05, 4.69) is 72.8 Å². The Morgan fingerprint density at radius 2 is 1.10 bits per heavy atom. The molecule has 4 nitrogen and oxygen atoms in total. The molecule has 0 saturated carbocycles. The SMILES string of the molecule is COc1ccc([PH+](c2ccccc2)c2ccccc2)cc1.O=S(=O)([O-])C(F)(F)F. The lowest BCUT2D eigenvalue weighted by atomic mass is 10.3. The number of alkyl halides is 3. The molecule has 154 valence electrons. The van der Waals surface area contributed by atoms with E-state index in [1.54, 1.807) is 7.11 Å². The Labute approximate surface area is 168 Å². The van der Waals surface area contributed by atoms with Gasteiger partial charge >= 0.3 is 5.51 Å². The van der Waals surface area contributed by atoms with Crippen LogP contribution in [0.2, 0.25) is 0 Å². The van der Waals surface area contributed by atoms with Gasteiger partial charge in [0.05, 0.1) is 15.0 Å². The Kier molecular flexibility index (Phi) is 7.79. The molecule has 0 spiro atoms. The number of rotatable bonds is 4. The van der Waals surface area contributed by atoms with Crippen LogP contribution in [0.15, 0.2) is 84.9 Å². The summed E-state index contributed by atoms with van der Waals surface area (Å²) in [5.74, 6) is 0.904. The lowest BCUT2D eigenvalue weighted by molar-refractivity contribution is -0.0517. The second-order valence-corrected chi connectivity index (χ2v) is 9.59. The third-order valence-corrected chi connectivity index (χ3v) is 7.09. The fourth-order valence-electron chi connectivity index (χ4n) is 2.47. The van der Waals surface area contributed by atoms with Gasteiger partial charge in [-0.25, -0.2) is 8.42 Å². The summed E-state index contributed by atoms with van der Waals surface area (Å²) in [4.78, 5) is 0. The standard InChI is InChI=1S/C19H17OP.CHF3O3S/c1-20-16-12-14-19(15-13-16)21(17-8-4-2-5-9-17)18-10-6-3-7-11-18;2-1(3,4)8(5,6)7/h2-15H,1H3;(H,5,6,7). The van der Waals surface area contributed by atoms with Crippen molar-refractivity contribution in [2.75, 3.05) is 7.11 Å². The van der Waals surface area contributed by atoms with Crippen molar-refractivity contribution in [3.05, 3.63) is 84.9 Å². The van der Waals surface area contributed by atoms with E-state index >= 15 is 0 Å². The first kappa shape index (κ1) is 22.9. The zero-order valence-electron chi connectivity index (χ0n) is 15.3. The molecule has 0 aliphatic carbocycles. The first-order valence-electron chi connectivity index (χ1n) is 8.28. The molecule has 0 atom stereocenters. The smallest absolute Gasteiger partial charge is 0.485 e. The molecule has 0 N–H and O–H groups in total. The van der Waals surface area contributed by atoms with Crippen molar-refractivity contribution < 1.29 is 30.9 Å². The average Bonchev–Trinajstić information content (AvgIpc) is 2.69. The van der Waals surface area contributed by atoms with Crippen molar-refractivity contribution in [3.63, 3.8) is 0 Å². The zero-order valence-corrected chi connectivity index (χ0v) is 17.1. The highest BCUT2D eigenvalue weighted by Crippen LogP contribution is 2.33. The molecule has 3 aromatic rings. The molecular weight excluding hydrogens is 424 g/mol. The molecular formula is C20H18F3O4PS. The number of halogens is 3. The Hall–Kier alpha value is -2.41. The number of ether oxygens (including phenoxy) is 1. The van der Waals surface area contributed by atoms with Crippen molar-refractivity contribution in [2.24, 2.45) is 0 Å². The molecule has 0 fully saturated rings. The molecule has 0 aliphatic heterocycles. The van der Waals surface area contributed by atoms with Crippen molar-refractivity contribution in [1.29, 1.82) is 0 Å². The highest BCUT2D eigenvalue weighted by molar-refractivity contribution is 7.86. The molecule has 0 heterocycles. The van der Waals surface area contributed by atoms with Gasteiger partial charge < -0.3 is 9.29 Å². The average molecular weight is 442 g/mol. The van der Waals surface area contributed by atoms with E-state index in [1.807, 2.05) is 12.1 Å². The fraction of sp³-hybridized carbons (Fsp3) is 0.100. The van der Waals surface area contributed by atoms with Crippen molar-refractivity contribution in [3.8, 4) is 5.75 Å². The number of hydrogen-bond acceptors (Lipinski definition) is 4. The van der Waals surface area contributed by atoms with E-state index in [0.717, 1.165) is 5.75 Å². The van der Waals surface area contributed by atoms with Gasteiger partial charge in [-0.2, -0.15) is 13.2 Å². The van der Waals surface area contributed by atoms with Crippen LogP contribution in [-0.4, -0.2) is 25.6 Å². The van der Waals surface area contributed by atoms with Gasteiger partial charge in [0, 0.05) is 0 Å².